The third kappa shape index (κ3) is 6.35. The van der Waals surface area contributed by atoms with Crippen molar-refractivity contribution in [2.45, 2.75) is 0 Å². The second-order valence-electron chi connectivity index (χ2n) is 20.1. The van der Waals surface area contributed by atoms with Crippen molar-refractivity contribution < 1.29 is 8.83 Å². The van der Waals surface area contributed by atoms with Crippen LogP contribution in [0.2, 0.25) is 0 Å². The van der Waals surface area contributed by atoms with E-state index in [1.54, 1.807) is 0 Å². The van der Waals surface area contributed by atoms with Crippen molar-refractivity contribution in [2.24, 2.45) is 0 Å². The molecule has 0 fully saturated rings. The maximum Gasteiger partial charge on any atom is 0.143 e. The van der Waals surface area contributed by atoms with Gasteiger partial charge in [0.25, 0.3) is 0 Å². The van der Waals surface area contributed by atoms with Crippen LogP contribution in [0.15, 0.2) is 276 Å². The average Bonchev–Trinajstić information content (AvgIpc) is 4.13. The van der Waals surface area contributed by atoms with Gasteiger partial charge in [-0.2, -0.15) is 0 Å². The largest absolute Gasteiger partial charge is 0.455 e. The number of benzene rings is 14. The first kappa shape index (κ1) is 42.5. The van der Waals surface area contributed by atoms with Gasteiger partial charge in [-0.3, -0.25) is 0 Å². The Labute approximate surface area is 437 Å². The maximum absolute atomic E-state index is 7.06. The number of para-hydroxylation sites is 3. The van der Waals surface area contributed by atoms with Gasteiger partial charge >= 0.3 is 0 Å². The molecule has 2 nitrogen and oxygen atoms in total. The first-order valence-corrected chi connectivity index (χ1v) is 26.1. The summed E-state index contributed by atoms with van der Waals surface area (Å²) in [6.07, 6.45) is 0. The van der Waals surface area contributed by atoms with E-state index in [1.807, 2.05) is 6.07 Å². The molecule has 0 atom stereocenters. The molecule has 0 radical (unpaired) electrons. The number of fused-ring (bicyclic) bond motifs is 11. The summed E-state index contributed by atoms with van der Waals surface area (Å²) in [6.45, 7) is 0. The fourth-order valence-electron chi connectivity index (χ4n) is 12.8. The summed E-state index contributed by atoms with van der Waals surface area (Å²) in [4.78, 5) is 0. The summed E-state index contributed by atoms with van der Waals surface area (Å²) < 4.78 is 13.8. The molecule has 352 valence electrons. The molecule has 16 rings (SSSR count). The van der Waals surface area contributed by atoms with Gasteiger partial charge in [0.1, 0.15) is 22.3 Å². The molecule has 0 amide bonds. The van der Waals surface area contributed by atoms with E-state index in [1.165, 1.54) is 87.2 Å². The van der Waals surface area contributed by atoms with Crippen molar-refractivity contribution in [3.05, 3.63) is 267 Å². The van der Waals surface area contributed by atoms with Crippen molar-refractivity contribution in [1.29, 1.82) is 0 Å². The van der Waals surface area contributed by atoms with Gasteiger partial charge in [0, 0.05) is 38.2 Å². The van der Waals surface area contributed by atoms with Crippen molar-refractivity contribution in [2.75, 3.05) is 0 Å². The topological polar surface area (TPSA) is 26.3 Å². The molecule has 16 aromatic rings. The number of furan rings is 2. The highest BCUT2D eigenvalue weighted by molar-refractivity contribution is 6.27. The number of rotatable bonds is 6. The van der Waals surface area contributed by atoms with Crippen LogP contribution in [0.3, 0.4) is 0 Å². The highest BCUT2D eigenvalue weighted by Gasteiger charge is 2.24. The normalized spacial score (nSPS) is 11.9. The Morgan fingerprint density at radius 1 is 0.197 bits per heavy atom. The van der Waals surface area contributed by atoms with Crippen molar-refractivity contribution >= 4 is 97.7 Å². The molecule has 0 unspecified atom stereocenters. The molecular formula is C74H44O2. The molecule has 2 heteroatoms. The zero-order valence-electron chi connectivity index (χ0n) is 41.2. The van der Waals surface area contributed by atoms with Crippen molar-refractivity contribution in [1.82, 2.24) is 0 Å². The van der Waals surface area contributed by atoms with E-state index in [2.05, 4.69) is 261 Å². The number of hydrogen-bond acceptors (Lipinski definition) is 2. The maximum atomic E-state index is 7.06. The Kier molecular flexibility index (Phi) is 9.37. The van der Waals surface area contributed by atoms with Gasteiger partial charge < -0.3 is 8.83 Å². The van der Waals surface area contributed by atoms with Crippen LogP contribution in [0.1, 0.15) is 0 Å². The van der Waals surface area contributed by atoms with Gasteiger partial charge in [0.15, 0.2) is 0 Å². The third-order valence-corrected chi connectivity index (χ3v) is 16.0. The standard InChI is InChI=1S/C74H44O2/c1-2-20-46(21-3-1)68-55-27-6-11-32-60(55)71(64-36-18-35-62-53-26-12-14-37-66(53)75-73(62)64)61-40-39-48(44-65(61)68)51-41-42-52(74-72(51)63-33-13-15-38-67(63)76-74)47-23-16-24-49(43-47)69-56-28-7-9-30-58(56)70(59-31-10-8-29-57(59)69)54-34-17-22-45-19-4-5-25-50(45)54/h1-44H. The van der Waals surface area contributed by atoms with E-state index < -0.39 is 0 Å². The van der Waals surface area contributed by atoms with E-state index in [9.17, 15) is 0 Å². The van der Waals surface area contributed by atoms with Crippen LogP contribution < -0.4 is 0 Å². The molecule has 0 bridgehead atoms. The summed E-state index contributed by atoms with van der Waals surface area (Å²) in [7, 11) is 0. The van der Waals surface area contributed by atoms with E-state index in [0.717, 1.165) is 77.3 Å². The second-order valence-corrected chi connectivity index (χ2v) is 20.1. The van der Waals surface area contributed by atoms with Gasteiger partial charge in [0.2, 0.25) is 0 Å². The van der Waals surface area contributed by atoms with Crippen LogP contribution in [-0.2, 0) is 0 Å². The van der Waals surface area contributed by atoms with Crippen LogP contribution in [0.5, 0.6) is 0 Å². The summed E-state index contributed by atoms with van der Waals surface area (Å²) >= 11 is 0. The Hall–Kier alpha value is -10.0. The molecule has 0 saturated heterocycles. The summed E-state index contributed by atoms with van der Waals surface area (Å²) in [5.41, 5.74) is 17.4. The monoisotopic (exact) mass is 964 g/mol. The lowest BCUT2D eigenvalue weighted by Crippen LogP contribution is -1.92. The molecule has 0 aliphatic carbocycles. The average molecular weight is 965 g/mol. The minimum absolute atomic E-state index is 0.862. The SMILES string of the molecule is c1ccc(-c2c3ccccc3c(-c3cccc4c3oc3ccccc34)c3ccc(-c4ccc(-c5cccc(-c6c7ccccc7c(-c7cccc8ccccc78)c7ccccc67)c5)c5oc6ccccc6c45)cc23)cc1. The zero-order valence-corrected chi connectivity index (χ0v) is 41.2. The van der Waals surface area contributed by atoms with E-state index in [0.29, 0.717) is 0 Å². The van der Waals surface area contributed by atoms with Crippen molar-refractivity contribution in [3.8, 4) is 66.8 Å². The molecular weight excluding hydrogens is 921 g/mol. The predicted molar refractivity (Wildman–Crippen MR) is 321 cm³/mol. The molecule has 0 aliphatic heterocycles. The van der Waals surface area contributed by atoms with Gasteiger partial charge in [-0.15, -0.1) is 0 Å². The lowest BCUT2D eigenvalue weighted by molar-refractivity contribution is 0.669. The second kappa shape index (κ2) is 16.8. The summed E-state index contributed by atoms with van der Waals surface area (Å²) in [6, 6.07) is 97.2. The minimum atomic E-state index is 0.862. The molecule has 0 saturated carbocycles. The predicted octanol–water partition coefficient (Wildman–Crippen LogP) is 21.3. The third-order valence-electron chi connectivity index (χ3n) is 16.0. The molecule has 0 aliphatic rings. The van der Waals surface area contributed by atoms with E-state index in [4.69, 9.17) is 8.83 Å². The molecule has 0 spiro atoms. The van der Waals surface area contributed by atoms with Crippen LogP contribution >= 0.6 is 0 Å². The van der Waals surface area contributed by atoms with Crippen LogP contribution in [0.4, 0.5) is 0 Å². The first-order valence-electron chi connectivity index (χ1n) is 26.1. The quantitative estimate of drug-likeness (QED) is 0.155. The Balaban J connectivity index is 0.916. The fourth-order valence-corrected chi connectivity index (χ4v) is 12.8. The lowest BCUT2D eigenvalue weighted by atomic mass is 9.83. The summed E-state index contributed by atoms with van der Waals surface area (Å²) in [5, 5.41) is 16.6. The molecule has 2 heterocycles. The van der Waals surface area contributed by atoms with Crippen molar-refractivity contribution in [3.63, 3.8) is 0 Å². The number of hydrogen-bond donors (Lipinski definition) is 0. The van der Waals surface area contributed by atoms with Crippen LogP contribution in [0, 0.1) is 0 Å². The highest BCUT2D eigenvalue weighted by Crippen LogP contribution is 2.50. The Morgan fingerprint density at radius 2 is 0.645 bits per heavy atom. The van der Waals surface area contributed by atoms with E-state index >= 15 is 0 Å². The smallest absolute Gasteiger partial charge is 0.143 e. The van der Waals surface area contributed by atoms with Gasteiger partial charge in [0.05, 0.1) is 0 Å². The van der Waals surface area contributed by atoms with Gasteiger partial charge in [-0.1, -0.05) is 237 Å². The minimum Gasteiger partial charge on any atom is -0.455 e. The van der Waals surface area contributed by atoms with Gasteiger partial charge in [-0.25, -0.2) is 0 Å². The van der Waals surface area contributed by atoms with Crippen LogP contribution in [-0.4, -0.2) is 0 Å². The highest BCUT2D eigenvalue weighted by atomic mass is 16.3. The molecule has 14 aromatic carbocycles. The Morgan fingerprint density at radius 3 is 1.37 bits per heavy atom. The molecule has 0 N–H and O–H groups in total. The van der Waals surface area contributed by atoms with Crippen LogP contribution in [0.25, 0.3) is 165 Å². The van der Waals surface area contributed by atoms with Gasteiger partial charge in [-0.05, 0) is 134 Å². The molecule has 76 heavy (non-hydrogen) atoms. The Bertz CT molecular complexity index is 4990. The lowest BCUT2D eigenvalue weighted by Gasteiger charge is -2.19. The first-order chi connectivity index (χ1) is 37.7. The fraction of sp³-hybridized carbons (Fsp3) is 0. The summed E-state index contributed by atoms with van der Waals surface area (Å²) in [5.74, 6) is 0. The molecule has 2 aromatic heterocycles. The zero-order chi connectivity index (χ0) is 49.8. The van der Waals surface area contributed by atoms with E-state index in [-0.39, 0.29) is 0 Å².